The van der Waals surface area contributed by atoms with Crippen LogP contribution in [0, 0.1) is 10.1 Å². The third-order valence-electron chi connectivity index (χ3n) is 5.88. The summed E-state index contributed by atoms with van der Waals surface area (Å²) in [6, 6.07) is 17.8. The predicted octanol–water partition coefficient (Wildman–Crippen LogP) is 3.92. The van der Waals surface area contributed by atoms with E-state index in [1.807, 2.05) is 36.4 Å². The molecule has 0 aliphatic heterocycles. The molecule has 0 spiro atoms. The lowest BCUT2D eigenvalue weighted by Crippen LogP contribution is -2.23. The Morgan fingerprint density at radius 3 is 2.64 bits per heavy atom. The Kier molecular flexibility index (Phi) is 6.13. The molecule has 0 N–H and O–H groups in total. The fourth-order valence-electron chi connectivity index (χ4n) is 4.11. The Balaban J connectivity index is 1.50. The van der Waals surface area contributed by atoms with Gasteiger partial charge in [0, 0.05) is 41.3 Å². The average Bonchev–Trinajstić information content (AvgIpc) is 3.65. The van der Waals surface area contributed by atoms with Gasteiger partial charge in [0.2, 0.25) is 4.96 Å². The lowest BCUT2D eigenvalue weighted by molar-refractivity contribution is -0.385. The Hall–Kier alpha value is -5.23. The molecule has 0 saturated carbocycles. The van der Waals surface area contributed by atoms with Gasteiger partial charge in [-0.3, -0.25) is 19.9 Å². The van der Waals surface area contributed by atoms with Crippen LogP contribution in [0.2, 0.25) is 0 Å². The molecule has 0 aliphatic carbocycles. The fraction of sp³-hybridized carbons (Fsp3) is 0.0741. The molecule has 12 heteroatoms. The summed E-state index contributed by atoms with van der Waals surface area (Å²) in [6.45, 7) is 2.06. The van der Waals surface area contributed by atoms with E-state index < -0.39 is 4.92 Å². The number of hydrogen-bond donors (Lipinski definition) is 0. The molecule has 0 bridgehead atoms. The van der Waals surface area contributed by atoms with Crippen LogP contribution in [0.4, 0.5) is 5.69 Å². The Morgan fingerprint density at radius 2 is 1.92 bits per heavy atom. The molecular formula is C27H19N7O4S. The van der Waals surface area contributed by atoms with Crippen LogP contribution in [0.1, 0.15) is 12.5 Å². The summed E-state index contributed by atoms with van der Waals surface area (Å²) in [5.41, 5.74) is 2.60. The van der Waals surface area contributed by atoms with E-state index >= 15 is 0 Å². The lowest BCUT2D eigenvalue weighted by atomic mass is 10.1. The first-order valence-electron chi connectivity index (χ1n) is 11.9. The highest BCUT2D eigenvalue weighted by molar-refractivity contribution is 7.15. The van der Waals surface area contributed by atoms with Gasteiger partial charge in [-0.25, -0.2) is 4.68 Å². The van der Waals surface area contributed by atoms with Gasteiger partial charge in [-0.15, -0.1) is 5.10 Å². The number of pyridine rings is 1. The molecule has 2 aromatic carbocycles. The summed E-state index contributed by atoms with van der Waals surface area (Å²) < 4.78 is 8.77. The number of benzene rings is 2. The number of fused-ring (bicyclic) bond motifs is 1. The van der Waals surface area contributed by atoms with Gasteiger partial charge in [0.05, 0.1) is 21.7 Å². The highest BCUT2D eigenvalue weighted by Crippen LogP contribution is 2.34. The number of nitro groups is 1. The Morgan fingerprint density at radius 1 is 1.08 bits per heavy atom. The second-order valence-corrected chi connectivity index (χ2v) is 9.38. The molecule has 0 saturated heterocycles. The van der Waals surface area contributed by atoms with Crippen LogP contribution in [-0.2, 0) is 0 Å². The summed E-state index contributed by atoms with van der Waals surface area (Å²) >= 11 is 1.20. The van der Waals surface area contributed by atoms with Crippen LogP contribution in [-0.4, -0.2) is 40.9 Å². The number of nitro benzene ring substituents is 1. The second kappa shape index (κ2) is 9.91. The molecule has 192 valence electrons. The minimum Gasteiger partial charge on any atom is -0.487 e. The summed E-state index contributed by atoms with van der Waals surface area (Å²) in [5.74, 6) is 0.591. The fourth-order valence-corrected chi connectivity index (χ4v) is 5.01. The smallest absolute Gasteiger partial charge is 0.311 e. The molecule has 0 atom stereocenters. The van der Waals surface area contributed by atoms with Crippen molar-refractivity contribution >= 4 is 28.1 Å². The van der Waals surface area contributed by atoms with Crippen molar-refractivity contribution < 1.29 is 9.66 Å². The first-order chi connectivity index (χ1) is 19.0. The first kappa shape index (κ1) is 24.1. The van der Waals surface area contributed by atoms with Gasteiger partial charge >= 0.3 is 5.69 Å². The van der Waals surface area contributed by atoms with E-state index in [0.29, 0.717) is 44.3 Å². The van der Waals surface area contributed by atoms with E-state index in [2.05, 4.69) is 15.1 Å². The number of nitrogens with zero attached hydrogens (tertiary/aromatic N) is 7. The van der Waals surface area contributed by atoms with Gasteiger partial charge in [-0.2, -0.15) is 14.6 Å². The molecule has 0 amide bonds. The van der Waals surface area contributed by atoms with Crippen LogP contribution < -0.4 is 14.8 Å². The van der Waals surface area contributed by atoms with Crippen molar-refractivity contribution in [2.45, 2.75) is 6.92 Å². The topological polar surface area (TPSA) is 130 Å². The van der Waals surface area contributed by atoms with Crippen molar-refractivity contribution in [1.82, 2.24) is 29.4 Å². The minimum atomic E-state index is -0.484. The van der Waals surface area contributed by atoms with Gasteiger partial charge in [0.25, 0.3) is 5.56 Å². The van der Waals surface area contributed by atoms with Gasteiger partial charge in [-0.05, 0) is 49.4 Å². The molecule has 0 unspecified atom stereocenters. The van der Waals surface area contributed by atoms with Gasteiger partial charge in [-0.1, -0.05) is 29.5 Å². The second-order valence-electron chi connectivity index (χ2n) is 8.37. The van der Waals surface area contributed by atoms with Crippen molar-refractivity contribution in [3.05, 3.63) is 110 Å². The monoisotopic (exact) mass is 537 g/mol. The largest absolute Gasteiger partial charge is 0.487 e. The Bertz CT molecular complexity index is 1930. The van der Waals surface area contributed by atoms with Crippen molar-refractivity contribution in [2.75, 3.05) is 6.61 Å². The van der Waals surface area contributed by atoms with Crippen LogP contribution in [0.5, 0.6) is 5.75 Å². The van der Waals surface area contributed by atoms with Crippen LogP contribution in [0.3, 0.4) is 0 Å². The molecule has 4 aromatic heterocycles. The lowest BCUT2D eigenvalue weighted by Gasteiger charge is -2.06. The maximum Gasteiger partial charge on any atom is 0.311 e. The average molecular weight is 538 g/mol. The summed E-state index contributed by atoms with van der Waals surface area (Å²) in [5, 5.41) is 20.9. The molecule has 39 heavy (non-hydrogen) atoms. The highest BCUT2D eigenvalue weighted by atomic mass is 32.1. The number of ether oxygens (including phenoxy) is 1. The van der Waals surface area contributed by atoms with Crippen molar-refractivity contribution in [3.8, 4) is 34.1 Å². The van der Waals surface area contributed by atoms with Gasteiger partial charge in [0.1, 0.15) is 5.69 Å². The first-order valence-corrected chi connectivity index (χ1v) is 12.7. The minimum absolute atomic E-state index is 0.166. The molecule has 0 fully saturated rings. The molecule has 0 radical (unpaired) electrons. The van der Waals surface area contributed by atoms with Crippen molar-refractivity contribution in [3.63, 3.8) is 0 Å². The van der Waals surface area contributed by atoms with E-state index in [9.17, 15) is 14.9 Å². The van der Waals surface area contributed by atoms with E-state index in [1.54, 1.807) is 54.5 Å². The zero-order valence-corrected chi connectivity index (χ0v) is 21.3. The number of thiazole rings is 1. The normalized spacial score (nSPS) is 11.8. The standard InChI is InChI=1S/C27H19N7O4S/c1-2-38-22-11-10-17(13-21(22)34(36)37)24-19(16-32(30-24)20-8-4-3-5-9-20)14-23-26(35)33-27(39-23)29-25(31-33)18-7-6-12-28-15-18/h3-16H,2H2,1H3. The molecule has 11 nitrogen and oxygen atoms in total. The van der Waals surface area contributed by atoms with Crippen LogP contribution in [0.25, 0.3) is 39.4 Å². The molecule has 6 aromatic rings. The zero-order valence-electron chi connectivity index (χ0n) is 20.5. The van der Waals surface area contributed by atoms with Gasteiger partial charge < -0.3 is 4.74 Å². The zero-order chi connectivity index (χ0) is 26.9. The quantitative estimate of drug-likeness (QED) is 0.221. The number of hydrogen-bond acceptors (Lipinski definition) is 9. The van der Waals surface area contributed by atoms with Crippen LogP contribution in [0.15, 0.2) is 84.0 Å². The Labute approximate surface area is 224 Å². The van der Waals surface area contributed by atoms with Gasteiger partial charge in [0.15, 0.2) is 11.6 Å². The molecule has 0 aliphatic rings. The molecule has 6 rings (SSSR count). The SMILES string of the molecule is CCOc1ccc(-c2nn(-c3ccccc3)cc2C=c2sc3nc(-c4cccnc4)nn3c2=O)cc1[N+](=O)[O-]. The maximum absolute atomic E-state index is 13.3. The summed E-state index contributed by atoms with van der Waals surface area (Å²) in [4.78, 5) is 33.5. The van der Waals surface area contributed by atoms with Crippen LogP contribution >= 0.6 is 11.3 Å². The molecule has 4 heterocycles. The number of para-hydroxylation sites is 1. The summed E-state index contributed by atoms with van der Waals surface area (Å²) in [6.07, 6.45) is 6.78. The highest BCUT2D eigenvalue weighted by Gasteiger charge is 2.20. The number of aromatic nitrogens is 6. The maximum atomic E-state index is 13.3. The van der Waals surface area contributed by atoms with Crippen molar-refractivity contribution in [1.29, 1.82) is 0 Å². The third-order valence-corrected chi connectivity index (χ3v) is 6.84. The van der Waals surface area contributed by atoms with E-state index in [1.165, 1.54) is 21.9 Å². The van der Waals surface area contributed by atoms with E-state index in [0.717, 1.165) is 5.69 Å². The molecular weight excluding hydrogens is 518 g/mol. The third kappa shape index (κ3) is 4.53. The summed E-state index contributed by atoms with van der Waals surface area (Å²) in [7, 11) is 0. The van der Waals surface area contributed by atoms with Crippen molar-refractivity contribution in [2.24, 2.45) is 0 Å². The predicted molar refractivity (Wildman–Crippen MR) is 146 cm³/mol. The number of rotatable bonds is 7. The van der Waals surface area contributed by atoms with E-state index in [-0.39, 0.29) is 17.0 Å². The van der Waals surface area contributed by atoms with E-state index in [4.69, 9.17) is 9.84 Å².